The van der Waals surface area contributed by atoms with Crippen molar-refractivity contribution in [2.24, 2.45) is 4.99 Å². The monoisotopic (exact) mass is 549 g/mol. The van der Waals surface area contributed by atoms with Crippen LogP contribution in [0.3, 0.4) is 0 Å². The summed E-state index contributed by atoms with van der Waals surface area (Å²) in [5.41, 5.74) is 4.04. The molecule has 1 N–H and O–H groups in total. The molecule has 7 nitrogen and oxygen atoms in total. The molecule has 2 aliphatic rings. The van der Waals surface area contributed by atoms with Crippen molar-refractivity contribution in [2.45, 2.75) is 20.8 Å². The van der Waals surface area contributed by atoms with E-state index in [-0.39, 0.29) is 35.5 Å². The van der Waals surface area contributed by atoms with E-state index < -0.39 is 9.84 Å². The molecule has 2 aliphatic heterocycles. The van der Waals surface area contributed by atoms with Crippen LogP contribution in [0.15, 0.2) is 23.2 Å². The first-order valence-electron chi connectivity index (χ1n) is 10.7. The van der Waals surface area contributed by atoms with Crippen molar-refractivity contribution in [3.05, 3.63) is 29.3 Å². The zero-order valence-corrected chi connectivity index (χ0v) is 21.6. The molecule has 1 aromatic rings. The predicted molar refractivity (Wildman–Crippen MR) is 136 cm³/mol. The maximum atomic E-state index is 11.6. The molecule has 0 atom stereocenters. The molecule has 30 heavy (non-hydrogen) atoms. The highest BCUT2D eigenvalue weighted by atomic mass is 127. The van der Waals surface area contributed by atoms with E-state index in [1.807, 2.05) is 0 Å². The molecule has 0 saturated carbocycles. The lowest BCUT2D eigenvalue weighted by Crippen LogP contribution is -2.53. The summed E-state index contributed by atoms with van der Waals surface area (Å²) in [4.78, 5) is 11.8. The fraction of sp³-hybridized carbons (Fsp3) is 0.667. The van der Waals surface area contributed by atoms with Crippen LogP contribution < -0.4 is 10.2 Å². The number of nitrogens with zero attached hydrogens (tertiary/aromatic N) is 4. The van der Waals surface area contributed by atoms with Crippen LogP contribution in [0.1, 0.15) is 18.1 Å². The Morgan fingerprint density at radius 2 is 1.73 bits per heavy atom. The molecule has 0 aromatic heterocycles. The number of anilines is 1. The second kappa shape index (κ2) is 11.5. The molecule has 0 radical (unpaired) electrons. The Kier molecular flexibility index (Phi) is 9.67. The minimum absolute atomic E-state index is 0. The maximum Gasteiger partial charge on any atom is 0.194 e. The summed E-state index contributed by atoms with van der Waals surface area (Å²) in [5.74, 6) is 1.52. The van der Waals surface area contributed by atoms with Crippen LogP contribution in [0.5, 0.6) is 0 Å². The molecule has 2 fully saturated rings. The van der Waals surface area contributed by atoms with Gasteiger partial charge in [-0.3, -0.25) is 9.89 Å². The topological polar surface area (TPSA) is 68.2 Å². The molecule has 2 saturated heterocycles. The fourth-order valence-corrected chi connectivity index (χ4v) is 5.21. The number of piperazine rings is 1. The standard InChI is InChI=1S/C21H35N5O2S.HI/c1-4-22-21(23-8-9-24-14-16-29(27,28)17-15-24)26-12-10-25(11-13-26)20-7-5-6-18(2)19(20)3;/h5-7H,4,8-17H2,1-3H3,(H,22,23);1H. The zero-order chi connectivity index (χ0) is 20.9. The number of rotatable bonds is 5. The average molecular weight is 550 g/mol. The Morgan fingerprint density at radius 3 is 2.37 bits per heavy atom. The van der Waals surface area contributed by atoms with Crippen LogP contribution in [0.2, 0.25) is 0 Å². The van der Waals surface area contributed by atoms with Gasteiger partial charge in [0, 0.05) is 58.0 Å². The molecule has 0 spiro atoms. The van der Waals surface area contributed by atoms with Crippen LogP contribution in [0.4, 0.5) is 5.69 Å². The summed E-state index contributed by atoms with van der Waals surface area (Å²) < 4.78 is 23.1. The van der Waals surface area contributed by atoms with Gasteiger partial charge in [-0.05, 0) is 38.0 Å². The molecule has 0 bridgehead atoms. The van der Waals surface area contributed by atoms with E-state index in [2.05, 4.69) is 59.0 Å². The minimum atomic E-state index is -2.82. The van der Waals surface area contributed by atoms with Crippen molar-refractivity contribution in [3.63, 3.8) is 0 Å². The first-order chi connectivity index (χ1) is 13.9. The van der Waals surface area contributed by atoms with Crippen molar-refractivity contribution >= 4 is 45.5 Å². The predicted octanol–water partition coefficient (Wildman–Crippen LogP) is 1.74. The van der Waals surface area contributed by atoms with Gasteiger partial charge in [0.05, 0.1) is 18.1 Å². The smallest absolute Gasteiger partial charge is 0.194 e. The number of guanidine groups is 1. The Hall–Kier alpha value is -1.07. The first-order valence-corrected chi connectivity index (χ1v) is 12.5. The summed E-state index contributed by atoms with van der Waals surface area (Å²) in [6.07, 6.45) is 0. The van der Waals surface area contributed by atoms with Crippen molar-refractivity contribution in [3.8, 4) is 0 Å². The number of hydrogen-bond acceptors (Lipinski definition) is 5. The van der Waals surface area contributed by atoms with Crippen LogP contribution in [0.25, 0.3) is 0 Å². The lowest BCUT2D eigenvalue weighted by Gasteiger charge is -2.38. The van der Waals surface area contributed by atoms with Crippen LogP contribution in [-0.2, 0) is 9.84 Å². The second-order valence-corrected chi connectivity index (χ2v) is 10.2. The number of aliphatic imine (C=N–C) groups is 1. The van der Waals surface area contributed by atoms with Gasteiger partial charge in [0.15, 0.2) is 15.8 Å². The third-order valence-electron chi connectivity index (χ3n) is 5.95. The highest BCUT2D eigenvalue weighted by molar-refractivity contribution is 14.0. The van der Waals surface area contributed by atoms with Gasteiger partial charge in [-0.15, -0.1) is 24.0 Å². The fourth-order valence-electron chi connectivity index (χ4n) is 3.93. The molecule has 0 amide bonds. The van der Waals surface area contributed by atoms with Gasteiger partial charge in [-0.25, -0.2) is 8.42 Å². The number of nitrogens with one attached hydrogen (secondary N) is 1. The van der Waals surface area contributed by atoms with Crippen LogP contribution in [-0.4, -0.2) is 94.6 Å². The van der Waals surface area contributed by atoms with E-state index in [0.29, 0.717) is 19.6 Å². The molecule has 9 heteroatoms. The number of aryl methyl sites for hydroxylation is 1. The lowest BCUT2D eigenvalue weighted by molar-refractivity contribution is 0.302. The zero-order valence-electron chi connectivity index (χ0n) is 18.4. The summed E-state index contributed by atoms with van der Waals surface area (Å²) in [6, 6.07) is 6.53. The van der Waals surface area contributed by atoms with E-state index in [9.17, 15) is 8.42 Å². The minimum Gasteiger partial charge on any atom is -0.368 e. The Balaban J connectivity index is 0.00000320. The van der Waals surface area contributed by atoms with E-state index in [0.717, 1.165) is 45.2 Å². The Labute approximate surface area is 198 Å². The molecule has 2 heterocycles. The normalized spacial score (nSPS) is 20.0. The highest BCUT2D eigenvalue weighted by Gasteiger charge is 2.22. The van der Waals surface area contributed by atoms with E-state index in [1.54, 1.807) is 0 Å². The highest BCUT2D eigenvalue weighted by Crippen LogP contribution is 2.23. The average Bonchev–Trinajstić information content (AvgIpc) is 2.71. The Morgan fingerprint density at radius 1 is 1.07 bits per heavy atom. The van der Waals surface area contributed by atoms with Crippen molar-refractivity contribution in [2.75, 3.05) is 75.3 Å². The molecule has 1 aromatic carbocycles. The summed E-state index contributed by atoms with van der Waals surface area (Å²) in [6.45, 7) is 13.9. The summed E-state index contributed by atoms with van der Waals surface area (Å²) in [5, 5.41) is 3.42. The van der Waals surface area contributed by atoms with E-state index >= 15 is 0 Å². The molecule has 170 valence electrons. The number of halogens is 1. The molecule has 3 rings (SSSR count). The van der Waals surface area contributed by atoms with Gasteiger partial charge in [0.2, 0.25) is 0 Å². The number of hydrogen-bond donors (Lipinski definition) is 1. The van der Waals surface area contributed by atoms with Crippen molar-refractivity contribution < 1.29 is 8.42 Å². The van der Waals surface area contributed by atoms with Gasteiger partial charge in [0.1, 0.15) is 0 Å². The van der Waals surface area contributed by atoms with E-state index in [1.165, 1.54) is 16.8 Å². The maximum absolute atomic E-state index is 11.6. The number of sulfone groups is 1. The largest absolute Gasteiger partial charge is 0.368 e. The first kappa shape index (κ1) is 25.2. The van der Waals surface area contributed by atoms with Crippen molar-refractivity contribution in [1.29, 1.82) is 0 Å². The Bertz CT molecular complexity index is 809. The van der Waals surface area contributed by atoms with E-state index in [4.69, 9.17) is 4.99 Å². The molecular formula is C21H36IN5O2S. The van der Waals surface area contributed by atoms with Crippen LogP contribution in [0, 0.1) is 13.8 Å². The van der Waals surface area contributed by atoms with Crippen LogP contribution >= 0.6 is 24.0 Å². The van der Waals surface area contributed by atoms with Gasteiger partial charge in [0.25, 0.3) is 0 Å². The molecular weight excluding hydrogens is 513 g/mol. The van der Waals surface area contributed by atoms with Crippen molar-refractivity contribution in [1.82, 2.24) is 15.1 Å². The molecule has 0 unspecified atom stereocenters. The van der Waals surface area contributed by atoms with Gasteiger partial charge < -0.3 is 15.1 Å². The number of benzene rings is 1. The SMILES string of the molecule is CCNC(=NCCN1CCS(=O)(=O)CC1)N1CCN(c2cccc(C)c2C)CC1.I. The lowest BCUT2D eigenvalue weighted by atomic mass is 10.1. The van der Waals surface area contributed by atoms with Gasteiger partial charge in [-0.2, -0.15) is 0 Å². The van der Waals surface area contributed by atoms with Gasteiger partial charge >= 0.3 is 0 Å². The quantitative estimate of drug-likeness (QED) is 0.343. The van der Waals surface area contributed by atoms with Gasteiger partial charge in [-0.1, -0.05) is 12.1 Å². The third-order valence-corrected chi connectivity index (χ3v) is 7.55. The summed E-state index contributed by atoms with van der Waals surface area (Å²) in [7, 11) is -2.82. The second-order valence-electron chi connectivity index (χ2n) is 7.92. The molecule has 0 aliphatic carbocycles. The third kappa shape index (κ3) is 6.71. The summed E-state index contributed by atoms with van der Waals surface area (Å²) >= 11 is 0.